The summed E-state index contributed by atoms with van der Waals surface area (Å²) in [7, 11) is 0. The van der Waals surface area contributed by atoms with E-state index in [1.165, 1.54) is 0 Å². The molecular formula is C21H27ClN4O. The van der Waals surface area contributed by atoms with Gasteiger partial charge in [0.25, 0.3) is 0 Å². The molecule has 0 radical (unpaired) electrons. The molecule has 2 aliphatic rings. The van der Waals surface area contributed by atoms with Gasteiger partial charge in [-0.05, 0) is 37.5 Å². The van der Waals surface area contributed by atoms with Gasteiger partial charge in [-0.1, -0.05) is 36.6 Å². The predicted octanol–water partition coefficient (Wildman–Crippen LogP) is 3.72. The summed E-state index contributed by atoms with van der Waals surface area (Å²) in [4.78, 5) is 22.4. The third kappa shape index (κ3) is 3.33. The molecule has 0 atom stereocenters. The number of aromatic nitrogens is 2. The van der Waals surface area contributed by atoms with E-state index >= 15 is 0 Å². The molecule has 1 aromatic heterocycles. The fourth-order valence-corrected chi connectivity index (χ4v) is 4.74. The van der Waals surface area contributed by atoms with Crippen LogP contribution in [0.4, 0.5) is 5.95 Å². The largest absolute Gasteiger partial charge is 0.339 e. The average Bonchev–Trinajstić information content (AvgIpc) is 3.38. The van der Waals surface area contributed by atoms with Gasteiger partial charge >= 0.3 is 0 Å². The molecule has 144 valence electrons. The van der Waals surface area contributed by atoms with Crippen LogP contribution in [0.15, 0.2) is 36.7 Å². The van der Waals surface area contributed by atoms with Gasteiger partial charge in [0.2, 0.25) is 11.9 Å². The highest BCUT2D eigenvalue weighted by Gasteiger charge is 2.45. The summed E-state index contributed by atoms with van der Waals surface area (Å²) in [6.45, 7) is 6.21. The number of benzene rings is 1. The van der Waals surface area contributed by atoms with Crippen molar-refractivity contribution in [3.63, 3.8) is 0 Å². The minimum atomic E-state index is -0.366. The molecule has 1 saturated heterocycles. The zero-order valence-electron chi connectivity index (χ0n) is 15.9. The zero-order valence-corrected chi connectivity index (χ0v) is 16.7. The maximum absolute atomic E-state index is 13.6. The van der Waals surface area contributed by atoms with Gasteiger partial charge in [0.05, 0.1) is 5.41 Å². The number of carbonyl (C=O) groups excluding carboxylic acids is 1. The zero-order chi connectivity index (χ0) is 18.9. The Bertz CT molecular complexity index is 787. The lowest BCUT2D eigenvalue weighted by atomic mass is 9.77. The maximum atomic E-state index is 13.6. The summed E-state index contributed by atoms with van der Waals surface area (Å²) in [6.07, 6.45) is 7.97. The number of hydrogen-bond acceptors (Lipinski definition) is 3. The molecule has 1 aromatic carbocycles. The van der Waals surface area contributed by atoms with Gasteiger partial charge in [0.1, 0.15) is 0 Å². The smallest absolute Gasteiger partial charge is 0.233 e. The summed E-state index contributed by atoms with van der Waals surface area (Å²) in [5.41, 5.74) is 0.757. The molecule has 27 heavy (non-hydrogen) atoms. The summed E-state index contributed by atoms with van der Waals surface area (Å²) < 4.78 is 2.16. The van der Waals surface area contributed by atoms with Crippen LogP contribution in [0.2, 0.25) is 5.02 Å². The van der Waals surface area contributed by atoms with Crippen molar-refractivity contribution >= 4 is 23.5 Å². The van der Waals surface area contributed by atoms with Crippen LogP contribution in [0.3, 0.4) is 0 Å². The second-order valence-electron chi connectivity index (χ2n) is 7.59. The number of anilines is 1. The molecule has 1 saturated carbocycles. The van der Waals surface area contributed by atoms with Crippen LogP contribution >= 0.6 is 11.6 Å². The highest BCUT2D eigenvalue weighted by Crippen LogP contribution is 2.43. The van der Waals surface area contributed by atoms with Crippen LogP contribution in [0.1, 0.15) is 38.2 Å². The van der Waals surface area contributed by atoms with Crippen molar-refractivity contribution < 1.29 is 4.79 Å². The van der Waals surface area contributed by atoms with Crippen LogP contribution in [0.25, 0.3) is 0 Å². The van der Waals surface area contributed by atoms with E-state index in [1.54, 1.807) is 0 Å². The summed E-state index contributed by atoms with van der Waals surface area (Å²) in [6, 6.07) is 7.90. The van der Waals surface area contributed by atoms with Crippen molar-refractivity contribution in [3.8, 4) is 0 Å². The molecule has 1 amide bonds. The molecule has 4 rings (SSSR count). The number of halogens is 1. The van der Waals surface area contributed by atoms with Gasteiger partial charge in [-0.2, -0.15) is 0 Å². The van der Waals surface area contributed by atoms with Gasteiger partial charge < -0.3 is 14.4 Å². The SMILES string of the molecule is CCn1ccnc1N1CCN(C(=O)C2(c3ccc(Cl)cc3)CCCC2)CC1. The summed E-state index contributed by atoms with van der Waals surface area (Å²) in [5, 5.41) is 0.722. The van der Waals surface area contributed by atoms with E-state index in [0.717, 1.165) is 74.9 Å². The molecule has 0 unspecified atom stereocenters. The first-order valence-corrected chi connectivity index (χ1v) is 10.3. The lowest BCUT2D eigenvalue weighted by molar-refractivity contribution is -0.137. The van der Waals surface area contributed by atoms with Crippen LogP contribution in [-0.2, 0) is 16.8 Å². The number of hydrogen-bond donors (Lipinski definition) is 0. The topological polar surface area (TPSA) is 41.4 Å². The Morgan fingerprint density at radius 1 is 1.11 bits per heavy atom. The minimum absolute atomic E-state index is 0.292. The lowest BCUT2D eigenvalue weighted by Gasteiger charge is -2.40. The Hall–Kier alpha value is -2.01. The van der Waals surface area contributed by atoms with Crippen molar-refractivity contribution in [2.24, 2.45) is 0 Å². The summed E-state index contributed by atoms with van der Waals surface area (Å²) >= 11 is 6.07. The molecule has 1 aliphatic carbocycles. The van der Waals surface area contributed by atoms with E-state index in [0.29, 0.717) is 5.91 Å². The van der Waals surface area contributed by atoms with Crippen LogP contribution in [0.5, 0.6) is 0 Å². The van der Waals surface area contributed by atoms with Crippen LogP contribution in [-0.4, -0.2) is 46.5 Å². The maximum Gasteiger partial charge on any atom is 0.233 e. The molecule has 2 aromatic rings. The second kappa shape index (κ2) is 7.55. The fraction of sp³-hybridized carbons (Fsp3) is 0.524. The van der Waals surface area contributed by atoms with Crippen molar-refractivity contribution in [2.75, 3.05) is 31.1 Å². The van der Waals surface area contributed by atoms with Gasteiger partial charge in [-0.3, -0.25) is 4.79 Å². The molecule has 2 fully saturated rings. The molecule has 5 nitrogen and oxygen atoms in total. The Morgan fingerprint density at radius 2 is 1.78 bits per heavy atom. The minimum Gasteiger partial charge on any atom is -0.339 e. The van der Waals surface area contributed by atoms with E-state index in [9.17, 15) is 4.79 Å². The highest BCUT2D eigenvalue weighted by atomic mass is 35.5. The Kier molecular flexibility index (Phi) is 5.13. The Labute approximate surface area is 165 Å². The van der Waals surface area contributed by atoms with Crippen LogP contribution in [0, 0.1) is 0 Å². The molecule has 2 heterocycles. The lowest BCUT2D eigenvalue weighted by Crippen LogP contribution is -2.54. The number of aryl methyl sites for hydroxylation is 1. The van der Waals surface area contributed by atoms with E-state index in [1.807, 2.05) is 36.7 Å². The third-order valence-electron chi connectivity index (χ3n) is 6.15. The summed E-state index contributed by atoms with van der Waals surface area (Å²) in [5.74, 6) is 1.30. The van der Waals surface area contributed by atoms with E-state index in [2.05, 4.69) is 26.3 Å². The van der Waals surface area contributed by atoms with E-state index in [-0.39, 0.29) is 5.41 Å². The third-order valence-corrected chi connectivity index (χ3v) is 6.40. The average molecular weight is 387 g/mol. The Balaban J connectivity index is 1.50. The van der Waals surface area contributed by atoms with Gasteiger partial charge in [0.15, 0.2) is 0 Å². The van der Waals surface area contributed by atoms with Crippen molar-refractivity contribution in [3.05, 3.63) is 47.2 Å². The number of rotatable bonds is 4. The normalized spacial score (nSPS) is 19.5. The Morgan fingerprint density at radius 3 is 2.41 bits per heavy atom. The number of amides is 1. The molecule has 0 bridgehead atoms. The van der Waals surface area contributed by atoms with Gasteiger partial charge in [-0.25, -0.2) is 4.98 Å². The molecule has 6 heteroatoms. The fourth-order valence-electron chi connectivity index (χ4n) is 4.62. The van der Waals surface area contributed by atoms with Crippen molar-refractivity contribution in [2.45, 2.75) is 44.6 Å². The number of nitrogens with zero attached hydrogens (tertiary/aromatic N) is 4. The second-order valence-corrected chi connectivity index (χ2v) is 8.03. The standard InChI is InChI=1S/C21H27ClN4O/c1-2-24-12-11-23-20(24)26-15-13-25(14-16-26)19(27)21(9-3-4-10-21)17-5-7-18(22)8-6-17/h5-8,11-12H,2-4,9-10,13-16H2,1H3. The van der Waals surface area contributed by atoms with E-state index < -0.39 is 0 Å². The van der Waals surface area contributed by atoms with Crippen molar-refractivity contribution in [1.82, 2.24) is 14.5 Å². The monoisotopic (exact) mass is 386 g/mol. The highest BCUT2D eigenvalue weighted by molar-refractivity contribution is 6.30. The van der Waals surface area contributed by atoms with E-state index in [4.69, 9.17) is 11.6 Å². The molecule has 0 spiro atoms. The van der Waals surface area contributed by atoms with Crippen LogP contribution < -0.4 is 4.90 Å². The number of carbonyl (C=O) groups is 1. The molecular weight excluding hydrogens is 360 g/mol. The first kappa shape index (κ1) is 18.4. The number of imidazole rings is 1. The predicted molar refractivity (Wildman–Crippen MR) is 108 cm³/mol. The first-order chi connectivity index (χ1) is 13.1. The molecule has 1 aliphatic heterocycles. The quantitative estimate of drug-likeness (QED) is 0.804. The number of piperazine rings is 1. The first-order valence-electron chi connectivity index (χ1n) is 9.95. The van der Waals surface area contributed by atoms with Gasteiger partial charge in [-0.15, -0.1) is 0 Å². The van der Waals surface area contributed by atoms with Crippen molar-refractivity contribution in [1.29, 1.82) is 0 Å². The molecule has 0 N–H and O–H groups in total. The van der Waals surface area contributed by atoms with Gasteiger partial charge in [0, 0.05) is 50.1 Å².